The fourth-order valence-corrected chi connectivity index (χ4v) is 2.38. The predicted molar refractivity (Wildman–Crippen MR) is 74.9 cm³/mol. The van der Waals surface area contributed by atoms with E-state index < -0.39 is 12.7 Å². The number of rotatable bonds is 5. The lowest BCUT2D eigenvalue weighted by molar-refractivity contribution is -0.147. The maximum absolute atomic E-state index is 12.6. The molecular weight excluding hydrogens is 281 g/mol. The Morgan fingerprint density at radius 3 is 2.62 bits per heavy atom. The molecule has 0 spiro atoms. The minimum absolute atomic E-state index is 0.0186. The molecule has 0 aliphatic carbocycles. The van der Waals surface area contributed by atoms with Crippen molar-refractivity contribution < 1.29 is 18.3 Å². The molecular formula is C15H17F3N2O. The summed E-state index contributed by atoms with van der Waals surface area (Å²) in [6, 6.07) is 9.17. The number of benzene rings is 1. The number of aryl methyl sites for hydroxylation is 1. The minimum Gasteiger partial charge on any atom is -0.395 e. The second-order valence-electron chi connectivity index (χ2n) is 4.99. The third-order valence-electron chi connectivity index (χ3n) is 3.14. The Labute approximate surface area is 121 Å². The molecule has 0 aliphatic rings. The van der Waals surface area contributed by atoms with E-state index >= 15 is 0 Å². The van der Waals surface area contributed by atoms with E-state index in [1.807, 2.05) is 31.2 Å². The molecule has 0 amide bonds. The zero-order valence-corrected chi connectivity index (χ0v) is 11.7. The summed E-state index contributed by atoms with van der Waals surface area (Å²) in [5, 5.41) is 9.80. The van der Waals surface area contributed by atoms with Gasteiger partial charge in [0, 0.05) is 24.2 Å². The van der Waals surface area contributed by atoms with E-state index in [9.17, 15) is 13.2 Å². The molecule has 1 heterocycles. The summed E-state index contributed by atoms with van der Waals surface area (Å²) in [5.74, 6) is 0. The molecule has 0 unspecified atom stereocenters. The number of nitrogens with zero attached hydrogens (tertiary/aromatic N) is 2. The van der Waals surface area contributed by atoms with Gasteiger partial charge in [-0.2, -0.15) is 13.2 Å². The molecule has 0 fully saturated rings. The fourth-order valence-electron chi connectivity index (χ4n) is 2.38. The van der Waals surface area contributed by atoms with Crippen LogP contribution in [-0.4, -0.2) is 40.9 Å². The van der Waals surface area contributed by atoms with Crippen molar-refractivity contribution in [3.8, 4) is 0 Å². The monoisotopic (exact) mass is 298 g/mol. The largest absolute Gasteiger partial charge is 0.401 e. The average molecular weight is 298 g/mol. The van der Waals surface area contributed by atoms with Crippen LogP contribution in [0.4, 0.5) is 13.2 Å². The first-order valence-electron chi connectivity index (χ1n) is 6.64. The van der Waals surface area contributed by atoms with Gasteiger partial charge in [-0.1, -0.05) is 18.2 Å². The number of halogens is 3. The van der Waals surface area contributed by atoms with Crippen LogP contribution in [0.1, 0.15) is 11.3 Å². The van der Waals surface area contributed by atoms with Crippen molar-refractivity contribution >= 4 is 10.9 Å². The Bertz CT molecular complexity index is 613. The summed E-state index contributed by atoms with van der Waals surface area (Å²) >= 11 is 0. The van der Waals surface area contributed by atoms with Crippen LogP contribution in [0.2, 0.25) is 0 Å². The standard InChI is InChI=1S/C15H17F3N2O/c1-11-8-12(13-4-2-3-5-14(13)19-11)9-20(6-7-21)10-15(16,17)18/h2-5,8,21H,6-7,9-10H2,1H3. The van der Waals surface area contributed by atoms with Gasteiger partial charge in [0.25, 0.3) is 0 Å². The van der Waals surface area contributed by atoms with Gasteiger partial charge in [-0.05, 0) is 24.6 Å². The second kappa shape index (κ2) is 6.41. The molecule has 2 rings (SSSR count). The lowest BCUT2D eigenvalue weighted by atomic mass is 10.1. The van der Waals surface area contributed by atoms with E-state index in [4.69, 9.17) is 5.11 Å². The summed E-state index contributed by atoms with van der Waals surface area (Å²) < 4.78 is 37.8. The van der Waals surface area contributed by atoms with Crippen molar-refractivity contribution in [3.05, 3.63) is 41.6 Å². The Morgan fingerprint density at radius 1 is 1.24 bits per heavy atom. The molecule has 0 atom stereocenters. The number of hydrogen-bond acceptors (Lipinski definition) is 3. The third-order valence-corrected chi connectivity index (χ3v) is 3.14. The number of fused-ring (bicyclic) bond motifs is 1. The van der Waals surface area contributed by atoms with Crippen LogP contribution in [-0.2, 0) is 6.54 Å². The molecule has 2 aromatic rings. The first-order chi connectivity index (χ1) is 9.89. The van der Waals surface area contributed by atoms with Crippen molar-refractivity contribution in [2.45, 2.75) is 19.6 Å². The molecule has 0 aliphatic heterocycles. The molecule has 1 N–H and O–H groups in total. The number of alkyl halides is 3. The maximum Gasteiger partial charge on any atom is 0.401 e. The van der Waals surface area contributed by atoms with E-state index in [1.165, 1.54) is 4.90 Å². The van der Waals surface area contributed by atoms with E-state index in [0.29, 0.717) is 0 Å². The number of para-hydroxylation sites is 1. The smallest absolute Gasteiger partial charge is 0.395 e. The Hall–Kier alpha value is -1.66. The zero-order chi connectivity index (χ0) is 15.5. The Morgan fingerprint density at radius 2 is 1.95 bits per heavy atom. The van der Waals surface area contributed by atoms with Crippen LogP contribution in [0.15, 0.2) is 30.3 Å². The Kier molecular flexibility index (Phi) is 4.80. The van der Waals surface area contributed by atoms with Gasteiger partial charge < -0.3 is 5.11 Å². The summed E-state index contributed by atoms with van der Waals surface area (Å²) in [5.41, 5.74) is 2.32. The number of hydrogen-bond donors (Lipinski definition) is 1. The molecule has 0 bridgehead atoms. The zero-order valence-electron chi connectivity index (χ0n) is 11.7. The highest BCUT2D eigenvalue weighted by atomic mass is 19.4. The topological polar surface area (TPSA) is 36.4 Å². The summed E-state index contributed by atoms with van der Waals surface area (Å²) in [7, 11) is 0. The molecule has 0 saturated heterocycles. The highest BCUT2D eigenvalue weighted by molar-refractivity contribution is 5.82. The lowest BCUT2D eigenvalue weighted by Gasteiger charge is -2.23. The molecule has 114 valence electrons. The highest BCUT2D eigenvalue weighted by Crippen LogP contribution is 2.22. The highest BCUT2D eigenvalue weighted by Gasteiger charge is 2.30. The fraction of sp³-hybridized carbons (Fsp3) is 0.400. The molecule has 1 aromatic heterocycles. The van der Waals surface area contributed by atoms with Gasteiger partial charge >= 0.3 is 6.18 Å². The van der Waals surface area contributed by atoms with Gasteiger partial charge in [-0.3, -0.25) is 9.88 Å². The van der Waals surface area contributed by atoms with Crippen molar-refractivity contribution in [1.82, 2.24) is 9.88 Å². The maximum atomic E-state index is 12.6. The van der Waals surface area contributed by atoms with Crippen molar-refractivity contribution in [1.29, 1.82) is 0 Å². The molecule has 6 heteroatoms. The third kappa shape index (κ3) is 4.41. The SMILES string of the molecule is Cc1cc(CN(CCO)CC(F)(F)F)c2ccccc2n1. The average Bonchev–Trinajstić information content (AvgIpc) is 2.36. The first kappa shape index (κ1) is 15.7. The summed E-state index contributed by atoms with van der Waals surface area (Å²) in [6.07, 6.45) is -4.28. The van der Waals surface area contributed by atoms with Crippen LogP contribution < -0.4 is 0 Å². The van der Waals surface area contributed by atoms with Crippen molar-refractivity contribution in [3.63, 3.8) is 0 Å². The summed E-state index contributed by atoms with van der Waals surface area (Å²) in [6.45, 7) is 0.580. The lowest BCUT2D eigenvalue weighted by Crippen LogP contribution is -2.35. The number of aliphatic hydroxyl groups excluding tert-OH is 1. The number of aliphatic hydroxyl groups is 1. The molecule has 0 radical (unpaired) electrons. The van der Waals surface area contributed by atoms with E-state index in [0.717, 1.165) is 22.2 Å². The van der Waals surface area contributed by atoms with Gasteiger partial charge in [0.2, 0.25) is 0 Å². The molecule has 3 nitrogen and oxygen atoms in total. The molecule has 1 aromatic carbocycles. The van der Waals surface area contributed by atoms with Crippen LogP contribution in [0.25, 0.3) is 10.9 Å². The van der Waals surface area contributed by atoms with Gasteiger partial charge in [0.15, 0.2) is 0 Å². The molecule has 0 saturated carbocycles. The second-order valence-corrected chi connectivity index (χ2v) is 4.99. The van der Waals surface area contributed by atoms with E-state index in [1.54, 1.807) is 6.07 Å². The van der Waals surface area contributed by atoms with Gasteiger partial charge in [0.1, 0.15) is 0 Å². The predicted octanol–water partition coefficient (Wildman–Crippen LogP) is 2.90. The number of aromatic nitrogens is 1. The summed E-state index contributed by atoms with van der Waals surface area (Å²) in [4.78, 5) is 5.57. The number of pyridine rings is 1. The van der Waals surface area contributed by atoms with Gasteiger partial charge in [0.05, 0.1) is 18.7 Å². The van der Waals surface area contributed by atoms with Crippen LogP contribution in [0, 0.1) is 6.92 Å². The first-order valence-corrected chi connectivity index (χ1v) is 6.64. The Balaban J connectivity index is 2.31. The van der Waals surface area contributed by atoms with Crippen molar-refractivity contribution in [2.75, 3.05) is 19.7 Å². The quantitative estimate of drug-likeness (QED) is 0.922. The van der Waals surface area contributed by atoms with Crippen LogP contribution in [0.3, 0.4) is 0 Å². The van der Waals surface area contributed by atoms with Gasteiger partial charge in [-0.25, -0.2) is 0 Å². The van der Waals surface area contributed by atoms with Gasteiger partial charge in [-0.15, -0.1) is 0 Å². The van der Waals surface area contributed by atoms with E-state index in [-0.39, 0.29) is 19.7 Å². The van der Waals surface area contributed by atoms with Crippen molar-refractivity contribution in [2.24, 2.45) is 0 Å². The normalized spacial score (nSPS) is 12.3. The van der Waals surface area contributed by atoms with Crippen LogP contribution in [0.5, 0.6) is 0 Å². The van der Waals surface area contributed by atoms with E-state index in [2.05, 4.69) is 4.98 Å². The minimum atomic E-state index is -4.28. The van der Waals surface area contributed by atoms with Crippen LogP contribution >= 0.6 is 0 Å². The molecule has 21 heavy (non-hydrogen) atoms.